The van der Waals surface area contributed by atoms with Gasteiger partial charge in [-0.25, -0.2) is 4.39 Å². The fraction of sp³-hybridized carbons (Fsp3) is 0.545. The summed E-state index contributed by atoms with van der Waals surface area (Å²) in [6.45, 7) is 7.75. The molecule has 0 aromatic carbocycles. The van der Waals surface area contributed by atoms with Crippen LogP contribution in [0, 0.1) is 12.7 Å². The summed E-state index contributed by atoms with van der Waals surface area (Å²) in [7, 11) is 0. The van der Waals surface area contributed by atoms with E-state index in [9.17, 15) is 4.39 Å². The standard InChI is InChI=1S/C11H16FN/c1-5-9-6-10(7(2)3)11(12)8(4)13-9/h6-7H,5H2,1-4H3. The van der Waals surface area contributed by atoms with Crippen molar-refractivity contribution in [2.45, 2.75) is 40.0 Å². The van der Waals surface area contributed by atoms with Crippen LogP contribution < -0.4 is 0 Å². The van der Waals surface area contributed by atoms with Crippen LogP contribution in [0.25, 0.3) is 0 Å². The van der Waals surface area contributed by atoms with Crippen molar-refractivity contribution < 1.29 is 4.39 Å². The molecule has 0 aliphatic rings. The van der Waals surface area contributed by atoms with E-state index < -0.39 is 0 Å². The first-order chi connectivity index (χ1) is 6.06. The van der Waals surface area contributed by atoms with Gasteiger partial charge in [-0.05, 0) is 30.9 Å². The summed E-state index contributed by atoms with van der Waals surface area (Å²) in [4.78, 5) is 4.16. The molecule has 0 radical (unpaired) electrons. The third-order valence-corrected chi connectivity index (χ3v) is 2.19. The van der Waals surface area contributed by atoms with Crippen molar-refractivity contribution in [3.05, 3.63) is 28.8 Å². The Kier molecular flexibility index (Phi) is 3.02. The van der Waals surface area contributed by atoms with Gasteiger partial charge < -0.3 is 0 Å². The van der Waals surface area contributed by atoms with Gasteiger partial charge in [-0.1, -0.05) is 20.8 Å². The maximum atomic E-state index is 13.5. The number of hydrogen-bond acceptors (Lipinski definition) is 1. The van der Waals surface area contributed by atoms with Gasteiger partial charge in [0, 0.05) is 5.69 Å². The van der Waals surface area contributed by atoms with Crippen molar-refractivity contribution in [1.82, 2.24) is 4.98 Å². The molecule has 0 aliphatic carbocycles. The molecule has 0 bridgehead atoms. The molecule has 1 aromatic heterocycles. The zero-order chi connectivity index (χ0) is 10.0. The summed E-state index contributed by atoms with van der Waals surface area (Å²) in [5, 5.41) is 0. The second-order valence-electron chi connectivity index (χ2n) is 3.61. The number of rotatable bonds is 2. The molecule has 1 heterocycles. The first kappa shape index (κ1) is 10.2. The van der Waals surface area contributed by atoms with E-state index in [0.717, 1.165) is 17.7 Å². The van der Waals surface area contributed by atoms with Crippen molar-refractivity contribution in [2.75, 3.05) is 0 Å². The molecule has 0 unspecified atom stereocenters. The Morgan fingerprint density at radius 3 is 2.54 bits per heavy atom. The molecule has 1 rings (SSSR count). The molecule has 0 N–H and O–H groups in total. The lowest BCUT2D eigenvalue weighted by molar-refractivity contribution is 0.578. The summed E-state index contributed by atoms with van der Waals surface area (Å²) in [6.07, 6.45) is 0.862. The lowest BCUT2D eigenvalue weighted by atomic mass is 10.0. The number of halogens is 1. The summed E-state index contributed by atoms with van der Waals surface area (Å²) < 4.78 is 13.5. The van der Waals surface area contributed by atoms with E-state index in [2.05, 4.69) is 4.98 Å². The Morgan fingerprint density at radius 1 is 1.46 bits per heavy atom. The van der Waals surface area contributed by atoms with Gasteiger partial charge in [-0.3, -0.25) is 4.98 Å². The number of aryl methyl sites for hydroxylation is 2. The van der Waals surface area contributed by atoms with E-state index in [1.807, 2.05) is 26.8 Å². The van der Waals surface area contributed by atoms with Crippen molar-refractivity contribution in [1.29, 1.82) is 0 Å². The highest BCUT2D eigenvalue weighted by molar-refractivity contribution is 5.25. The van der Waals surface area contributed by atoms with Gasteiger partial charge >= 0.3 is 0 Å². The zero-order valence-electron chi connectivity index (χ0n) is 8.69. The first-order valence-corrected chi connectivity index (χ1v) is 4.72. The molecule has 72 valence electrons. The van der Waals surface area contributed by atoms with E-state index >= 15 is 0 Å². The maximum absolute atomic E-state index is 13.5. The summed E-state index contributed by atoms with van der Waals surface area (Å²) in [5.74, 6) is 0.0826. The van der Waals surface area contributed by atoms with Gasteiger partial charge in [0.25, 0.3) is 0 Å². The fourth-order valence-corrected chi connectivity index (χ4v) is 1.35. The average Bonchev–Trinajstić information content (AvgIpc) is 2.09. The normalized spacial score (nSPS) is 10.9. The lowest BCUT2D eigenvalue weighted by Crippen LogP contribution is -2.01. The van der Waals surface area contributed by atoms with Crippen LogP contribution in [0.3, 0.4) is 0 Å². The highest BCUT2D eigenvalue weighted by Gasteiger charge is 2.11. The topological polar surface area (TPSA) is 12.9 Å². The molecule has 13 heavy (non-hydrogen) atoms. The second kappa shape index (κ2) is 3.86. The summed E-state index contributed by atoms with van der Waals surface area (Å²) in [5.41, 5.74) is 2.27. The molecule has 0 spiro atoms. The number of pyridine rings is 1. The van der Waals surface area contributed by atoms with Gasteiger partial charge in [0.1, 0.15) is 5.82 Å². The van der Waals surface area contributed by atoms with Crippen LogP contribution in [-0.2, 0) is 6.42 Å². The Labute approximate surface area is 79.0 Å². The first-order valence-electron chi connectivity index (χ1n) is 4.72. The number of aromatic nitrogens is 1. The highest BCUT2D eigenvalue weighted by atomic mass is 19.1. The van der Waals surface area contributed by atoms with Crippen LogP contribution in [0.4, 0.5) is 4.39 Å². The maximum Gasteiger partial charge on any atom is 0.147 e. The molecular formula is C11H16FN. The van der Waals surface area contributed by atoms with E-state index in [4.69, 9.17) is 0 Å². The van der Waals surface area contributed by atoms with E-state index in [-0.39, 0.29) is 11.7 Å². The van der Waals surface area contributed by atoms with Crippen LogP contribution in [0.5, 0.6) is 0 Å². The highest BCUT2D eigenvalue weighted by Crippen LogP contribution is 2.20. The quantitative estimate of drug-likeness (QED) is 0.682. The Balaban J connectivity index is 3.25. The molecule has 0 fully saturated rings. The van der Waals surface area contributed by atoms with Gasteiger partial charge in [0.05, 0.1) is 5.69 Å². The van der Waals surface area contributed by atoms with Crippen molar-refractivity contribution >= 4 is 0 Å². The fourth-order valence-electron chi connectivity index (χ4n) is 1.35. The third-order valence-electron chi connectivity index (χ3n) is 2.19. The predicted molar refractivity (Wildman–Crippen MR) is 52.4 cm³/mol. The summed E-state index contributed by atoms with van der Waals surface area (Å²) >= 11 is 0. The van der Waals surface area contributed by atoms with Gasteiger partial charge in [0.15, 0.2) is 0 Å². The number of hydrogen-bond donors (Lipinski definition) is 0. The van der Waals surface area contributed by atoms with Crippen LogP contribution in [0.1, 0.15) is 43.6 Å². The monoisotopic (exact) mass is 181 g/mol. The van der Waals surface area contributed by atoms with Gasteiger partial charge in [-0.2, -0.15) is 0 Å². The molecule has 0 aliphatic heterocycles. The van der Waals surface area contributed by atoms with Gasteiger partial charge in [-0.15, -0.1) is 0 Å². The van der Waals surface area contributed by atoms with Crippen LogP contribution in [0.2, 0.25) is 0 Å². The van der Waals surface area contributed by atoms with Crippen molar-refractivity contribution in [2.24, 2.45) is 0 Å². The number of nitrogens with zero attached hydrogens (tertiary/aromatic N) is 1. The van der Waals surface area contributed by atoms with Crippen molar-refractivity contribution in [3.8, 4) is 0 Å². The van der Waals surface area contributed by atoms with Crippen LogP contribution in [0.15, 0.2) is 6.07 Å². The molecular weight excluding hydrogens is 165 g/mol. The third kappa shape index (κ3) is 2.06. The molecule has 0 atom stereocenters. The van der Waals surface area contributed by atoms with E-state index in [0.29, 0.717) is 5.69 Å². The molecule has 0 saturated heterocycles. The minimum atomic E-state index is -0.146. The minimum Gasteiger partial charge on any atom is -0.255 e. The van der Waals surface area contributed by atoms with E-state index in [1.54, 1.807) is 6.92 Å². The molecule has 0 saturated carbocycles. The predicted octanol–water partition coefficient (Wildman–Crippen LogP) is 3.21. The van der Waals surface area contributed by atoms with Crippen LogP contribution in [-0.4, -0.2) is 4.98 Å². The van der Waals surface area contributed by atoms with Crippen molar-refractivity contribution in [3.63, 3.8) is 0 Å². The Bertz CT molecular complexity index is 305. The largest absolute Gasteiger partial charge is 0.255 e. The Hall–Kier alpha value is -0.920. The SMILES string of the molecule is CCc1cc(C(C)C)c(F)c(C)n1. The summed E-state index contributed by atoms with van der Waals surface area (Å²) in [6, 6.07) is 1.87. The zero-order valence-corrected chi connectivity index (χ0v) is 8.69. The molecule has 2 heteroatoms. The van der Waals surface area contributed by atoms with Gasteiger partial charge in [0.2, 0.25) is 0 Å². The Morgan fingerprint density at radius 2 is 2.08 bits per heavy atom. The second-order valence-corrected chi connectivity index (χ2v) is 3.61. The molecule has 1 nitrogen and oxygen atoms in total. The average molecular weight is 181 g/mol. The molecule has 0 amide bonds. The smallest absolute Gasteiger partial charge is 0.147 e. The lowest BCUT2D eigenvalue weighted by Gasteiger charge is -2.10. The van der Waals surface area contributed by atoms with Crippen LogP contribution >= 0.6 is 0 Å². The minimum absolute atomic E-state index is 0.146. The van der Waals surface area contributed by atoms with E-state index in [1.165, 1.54) is 0 Å². The molecule has 1 aromatic rings.